The van der Waals surface area contributed by atoms with Gasteiger partial charge in [-0.25, -0.2) is 0 Å². The molecule has 1 N–H and O–H groups in total. The van der Waals surface area contributed by atoms with Crippen LogP contribution in [0, 0.1) is 0 Å². The number of methoxy groups -OCH3 is 5. The lowest BCUT2D eigenvalue weighted by molar-refractivity contribution is -0.128. The van der Waals surface area contributed by atoms with Gasteiger partial charge in [0.05, 0.1) is 42.0 Å². The molecule has 0 radical (unpaired) electrons. The van der Waals surface area contributed by atoms with E-state index in [0.29, 0.717) is 34.4 Å². The number of anilines is 1. The van der Waals surface area contributed by atoms with Crippen LogP contribution in [0.3, 0.4) is 0 Å². The fraction of sp³-hybridized carbons (Fsp3) is 0.333. The molecule has 0 atom stereocenters. The molecule has 0 fully saturated rings. The van der Waals surface area contributed by atoms with Crippen molar-refractivity contribution in [3.05, 3.63) is 41.6 Å². The summed E-state index contributed by atoms with van der Waals surface area (Å²) in [6.07, 6.45) is 3.82. The third-order valence-electron chi connectivity index (χ3n) is 5.27. The summed E-state index contributed by atoms with van der Waals surface area (Å²) in [6, 6.07) is 6.93. The summed E-state index contributed by atoms with van der Waals surface area (Å²) in [5.74, 6) is 2.09. The van der Waals surface area contributed by atoms with E-state index in [1.54, 1.807) is 38.6 Å². The summed E-state index contributed by atoms with van der Waals surface area (Å²) >= 11 is 0. The Labute approximate surface area is 192 Å². The summed E-state index contributed by atoms with van der Waals surface area (Å²) in [5, 5.41) is 2.81. The third-order valence-corrected chi connectivity index (χ3v) is 5.27. The first-order chi connectivity index (χ1) is 15.9. The zero-order valence-corrected chi connectivity index (χ0v) is 19.4. The fourth-order valence-corrected chi connectivity index (χ4v) is 3.56. The molecule has 9 nitrogen and oxygen atoms in total. The molecule has 0 unspecified atom stereocenters. The van der Waals surface area contributed by atoms with Gasteiger partial charge < -0.3 is 33.9 Å². The van der Waals surface area contributed by atoms with Crippen molar-refractivity contribution in [1.29, 1.82) is 0 Å². The highest BCUT2D eigenvalue weighted by molar-refractivity contribution is 5.92. The number of fused-ring (bicyclic) bond motifs is 1. The number of rotatable bonds is 9. The Morgan fingerprint density at radius 2 is 1.48 bits per heavy atom. The molecule has 1 aliphatic heterocycles. The van der Waals surface area contributed by atoms with Gasteiger partial charge in [-0.1, -0.05) is 0 Å². The quantitative estimate of drug-likeness (QED) is 0.619. The van der Waals surface area contributed by atoms with Crippen molar-refractivity contribution >= 4 is 23.6 Å². The van der Waals surface area contributed by atoms with Crippen LogP contribution in [0.25, 0.3) is 6.08 Å². The van der Waals surface area contributed by atoms with Crippen LogP contribution in [0.1, 0.15) is 17.5 Å². The first-order valence-corrected chi connectivity index (χ1v) is 10.3. The Hall–Kier alpha value is -3.88. The first kappa shape index (κ1) is 23.8. The Kier molecular flexibility index (Phi) is 7.66. The van der Waals surface area contributed by atoms with Crippen LogP contribution in [0.4, 0.5) is 5.69 Å². The summed E-state index contributed by atoms with van der Waals surface area (Å²) < 4.78 is 26.6. The molecule has 0 bridgehead atoms. The van der Waals surface area contributed by atoms with Crippen LogP contribution < -0.4 is 29.0 Å². The van der Waals surface area contributed by atoms with E-state index in [2.05, 4.69) is 5.32 Å². The van der Waals surface area contributed by atoms with E-state index < -0.39 is 0 Å². The fourth-order valence-electron chi connectivity index (χ4n) is 3.56. The van der Waals surface area contributed by atoms with Crippen molar-refractivity contribution in [1.82, 2.24) is 4.90 Å². The number of hydrogen-bond acceptors (Lipinski definition) is 7. The summed E-state index contributed by atoms with van der Waals surface area (Å²) in [7, 11) is 7.63. The molecule has 2 aromatic rings. The maximum absolute atomic E-state index is 12.8. The molecule has 2 amide bonds. The molecular formula is C24H28N2O7. The third kappa shape index (κ3) is 5.31. The standard InChI is InChI=1S/C24H28N2O7/c1-29-18-10-15-6-8-26(23(28)12-16(15)11-19(18)30-2)9-7-22(27)25-17-13-20(31-3)24(33-5)21(14-17)32-4/h6,8,10-11,13-14H,7,9,12H2,1-5H3,(H,25,27). The van der Waals surface area contributed by atoms with Crippen LogP contribution in [0.2, 0.25) is 0 Å². The molecule has 0 aliphatic carbocycles. The molecule has 1 aliphatic rings. The number of nitrogens with zero attached hydrogens (tertiary/aromatic N) is 1. The van der Waals surface area contributed by atoms with Gasteiger partial charge in [-0.3, -0.25) is 9.59 Å². The van der Waals surface area contributed by atoms with E-state index in [1.807, 2.05) is 12.1 Å². The number of carbonyl (C=O) groups is 2. The summed E-state index contributed by atoms with van der Waals surface area (Å²) in [6.45, 7) is 0.230. The average molecular weight is 456 g/mol. The Balaban J connectivity index is 1.68. The van der Waals surface area contributed by atoms with E-state index in [9.17, 15) is 9.59 Å². The van der Waals surface area contributed by atoms with Crippen molar-refractivity contribution < 1.29 is 33.3 Å². The molecule has 3 rings (SSSR count). The number of amides is 2. The number of carbonyl (C=O) groups excluding carboxylic acids is 2. The average Bonchev–Trinajstić information content (AvgIpc) is 2.98. The predicted octanol–water partition coefficient (Wildman–Crippen LogP) is 3.11. The van der Waals surface area contributed by atoms with Gasteiger partial charge >= 0.3 is 0 Å². The van der Waals surface area contributed by atoms with Crippen molar-refractivity contribution in [2.24, 2.45) is 0 Å². The Morgan fingerprint density at radius 1 is 0.879 bits per heavy atom. The van der Waals surface area contributed by atoms with E-state index in [0.717, 1.165) is 11.1 Å². The first-order valence-electron chi connectivity index (χ1n) is 10.3. The van der Waals surface area contributed by atoms with Crippen molar-refractivity contribution in [3.8, 4) is 28.7 Å². The minimum atomic E-state index is -0.254. The second-order valence-electron chi connectivity index (χ2n) is 7.20. The van der Waals surface area contributed by atoms with Gasteiger partial charge in [-0.15, -0.1) is 0 Å². The second-order valence-corrected chi connectivity index (χ2v) is 7.20. The minimum Gasteiger partial charge on any atom is -0.493 e. The molecule has 0 saturated heterocycles. The Morgan fingerprint density at radius 3 is 2.06 bits per heavy atom. The highest BCUT2D eigenvalue weighted by Crippen LogP contribution is 2.40. The summed E-state index contributed by atoms with van der Waals surface area (Å²) in [4.78, 5) is 26.9. The molecule has 0 spiro atoms. The Bertz CT molecular complexity index is 1040. The normalized spacial score (nSPS) is 12.5. The minimum absolute atomic E-state index is 0.107. The van der Waals surface area contributed by atoms with Gasteiger partial charge in [-0.05, 0) is 29.3 Å². The summed E-state index contributed by atoms with van der Waals surface area (Å²) in [5.41, 5.74) is 2.20. The number of benzene rings is 2. The van der Waals surface area contributed by atoms with Crippen LogP contribution in [0.15, 0.2) is 30.5 Å². The van der Waals surface area contributed by atoms with Crippen LogP contribution in [-0.2, 0) is 16.0 Å². The monoisotopic (exact) mass is 456 g/mol. The molecule has 33 heavy (non-hydrogen) atoms. The van der Waals surface area contributed by atoms with Gasteiger partial charge in [0, 0.05) is 37.0 Å². The lowest BCUT2D eigenvalue weighted by atomic mass is 10.0. The van der Waals surface area contributed by atoms with E-state index >= 15 is 0 Å². The molecule has 0 saturated carbocycles. The van der Waals surface area contributed by atoms with Gasteiger partial charge in [-0.2, -0.15) is 0 Å². The maximum atomic E-state index is 12.8. The van der Waals surface area contributed by atoms with E-state index in [-0.39, 0.29) is 31.2 Å². The van der Waals surface area contributed by atoms with Crippen LogP contribution in [0.5, 0.6) is 28.7 Å². The SMILES string of the molecule is COc1cc2c(cc1OC)CC(=O)N(CCC(=O)Nc1cc(OC)c(OC)c(OC)c1)C=C2. The second kappa shape index (κ2) is 10.6. The zero-order valence-electron chi connectivity index (χ0n) is 19.4. The zero-order chi connectivity index (χ0) is 24.0. The molecule has 2 aromatic carbocycles. The molecule has 176 valence electrons. The van der Waals surface area contributed by atoms with Crippen LogP contribution >= 0.6 is 0 Å². The van der Waals surface area contributed by atoms with E-state index in [4.69, 9.17) is 23.7 Å². The predicted molar refractivity (Wildman–Crippen MR) is 123 cm³/mol. The molecule has 1 heterocycles. The smallest absolute Gasteiger partial charge is 0.230 e. The highest BCUT2D eigenvalue weighted by atomic mass is 16.5. The van der Waals surface area contributed by atoms with Crippen LogP contribution in [-0.4, -0.2) is 58.8 Å². The van der Waals surface area contributed by atoms with Crippen molar-refractivity contribution in [2.75, 3.05) is 47.4 Å². The van der Waals surface area contributed by atoms with Gasteiger partial charge in [0.2, 0.25) is 17.6 Å². The largest absolute Gasteiger partial charge is 0.493 e. The number of ether oxygens (including phenoxy) is 5. The van der Waals surface area contributed by atoms with Crippen molar-refractivity contribution in [3.63, 3.8) is 0 Å². The van der Waals surface area contributed by atoms with Gasteiger partial charge in [0.15, 0.2) is 23.0 Å². The maximum Gasteiger partial charge on any atom is 0.230 e. The van der Waals surface area contributed by atoms with E-state index in [1.165, 1.54) is 26.2 Å². The lowest BCUT2D eigenvalue weighted by Gasteiger charge is -2.18. The molecule has 9 heteroatoms. The number of hydrogen-bond donors (Lipinski definition) is 1. The molecule has 0 aromatic heterocycles. The van der Waals surface area contributed by atoms with Gasteiger partial charge in [0.25, 0.3) is 0 Å². The molecular weight excluding hydrogens is 428 g/mol. The lowest BCUT2D eigenvalue weighted by Crippen LogP contribution is -2.30. The highest BCUT2D eigenvalue weighted by Gasteiger charge is 2.21. The number of nitrogens with one attached hydrogen (secondary N) is 1. The van der Waals surface area contributed by atoms with Gasteiger partial charge in [0.1, 0.15) is 0 Å². The topological polar surface area (TPSA) is 95.6 Å². The van der Waals surface area contributed by atoms with Crippen molar-refractivity contribution in [2.45, 2.75) is 12.8 Å².